The third kappa shape index (κ3) is 4.30. The SMILES string of the molecule is CCCS(=O)(=O)N1CCC[C@H]1c1nnc(C(=O)Nc2ccc(F)c(F)c2)s1. The predicted molar refractivity (Wildman–Crippen MR) is 97.0 cm³/mol. The number of anilines is 1. The number of hydrogen-bond donors (Lipinski definition) is 1. The van der Waals surface area contributed by atoms with Crippen molar-refractivity contribution in [3.8, 4) is 0 Å². The third-order valence-corrected chi connectivity index (χ3v) is 7.22. The van der Waals surface area contributed by atoms with Gasteiger partial charge in [-0.3, -0.25) is 4.79 Å². The largest absolute Gasteiger partial charge is 0.320 e. The first-order valence-corrected chi connectivity index (χ1v) is 10.8. The summed E-state index contributed by atoms with van der Waals surface area (Å²) in [6.45, 7) is 2.22. The molecule has 2 heterocycles. The molecule has 0 aliphatic carbocycles. The number of nitrogens with one attached hydrogen (secondary N) is 1. The van der Waals surface area contributed by atoms with Crippen molar-refractivity contribution in [2.45, 2.75) is 32.2 Å². The van der Waals surface area contributed by atoms with Crippen molar-refractivity contribution >= 4 is 33.0 Å². The number of hydrogen-bond acceptors (Lipinski definition) is 6. The highest BCUT2D eigenvalue weighted by Gasteiger charge is 2.37. The molecule has 1 amide bonds. The molecular formula is C16H18F2N4O3S2. The van der Waals surface area contributed by atoms with Crippen LogP contribution in [0, 0.1) is 11.6 Å². The number of halogens is 2. The van der Waals surface area contributed by atoms with Gasteiger partial charge < -0.3 is 5.32 Å². The molecule has 2 aromatic rings. The van der Waals surface area contributed by atoms with Gasteiger partial charge in [0.2, 0.25) is 15.0 Å². The molecule has 1 aliphatic heterocycles. The zero-order valence-electron chi connectivity index (χ0n) is 14.5. The Morgan fingerprint density at radius 2 is 2.11 bits per heavy atom. The number of carbonyl (C=O) groups is 1. The van der Waals surface area contributed by atoms with E-state index in [9.17, 15) is 22.0 Å². The molecule has 0 saturated carbocycles. The number of amides is 1. The molecule has 0 bridgehead atoms. The topological polar surface area (TPSA) is 92.3 Å². The van der Waals surface area contributed by atoms with Gasteiger partial charge in [-0.15, -0.1) is 10.2 Å². The molecule has 1 aromatic carbocycles. The van der Waals surface area contributed by atoms with Crippen LogP contribution in [-0.4, -0.2) is 41.1 Å². The standard InChI is InChI=1S/C16H18F2N4O3S2/c1-2-8-27(24,25)22-7-3-4-13(22)15-20-21-16(26-15)14(23)19-10-5-6-11(17)12(18)9-10/h5-6,9,13H,2-4,7-8H2,1H3,(H,19,23)/t13-/m0/s1. The summed E-state index contributed by atoms with van der Waals surface area (Å²) in [6.07, 6.45) is 1.84. The van der Waals surface area contributed by atoms with Crippen molar-refractivity contribution in [3.63, 3.8) is 0 Å². The van der Waals surface area contributed by atoms with Crippen LogP contribution >= 0.6 is 11.3 Å². The molecule has 3 rings (SSSR count). The molecule has 1 aromatic heterocycles. The Kier molecular flexibility index (Phi) is 5.82. The van der Waals surface area contributed by atoms with Crippen LogP contribution in [0.4, 0.5) is 14.5 Å². The summed E-state index contributed by atoms with van der Waals surface area (Å²) in [5.74, 6) is -2.65. The summed E-state index contributed by atoms with van der Waals surface area (Å²) in [7, 11) is -3.38. The average molecular weight is 416 g/mol. The average Bonchev–Trinajstić information content (AvgIpc) is 3.27. The Morgan fingerprint density at radius 3 is 2.81 bits per heavy atom. The lowest BCUT2D eigenvalue weighted by Gasteiger charge is -2.21. The Bertz CT molecular complexity index is 949. The zero-order chi connectivity index (χ0) is 19.6. The van der Waals surface area contributed by atoms with Gasteiger partial charge in [-0.1, -0.05) is 18.3 Å². The fourth-order valence-electron chi connectivity index (χ4n) is 2.91. The van der Waals surface area contributed by atoms with Crippen molar-refractivity contribution < 1.29 is 22.0 Å². The Hall–Kier alpha value is -1.98. The van der Waals surface area contributed by atoms with E-state index in [1.165, 1.54) is 10.4 Å². The molecule has 1 N–H and O–H groups in total. The third-order valence-electron chi connectivity index (χ3n) is 4.12. The maximum Gasteiger partial charge on any atom is 0.286 e. The van der Waals surface area contributed by atoms with Crippen LogP contribution in [0.5, 0.6) is 0 Å². The minimum Gasteiger partial charge on any atom is -0.320 e. The van der Waals surface area contributed by atoms with Crippen LogP contribution < -0.4 is 5.32 Å². The van der Waals surface area contributed by atoms with Crippen LogP contribution in [-0.2, 0) is 10.0 Å². The highest BCUT2D eigenvalue weighted by molar-refractivity contribution is 7.89. The van der Waals surface area contributed by atoms with E-state index < -0.39 is 33.6 Å². The highest BCUT2D eigenvalue weighted by Crippen LogP contribution is 2.36. The van der Waals surface area contributed by atoms with E-state index in [2.05, 4.69) is 15.5 Å². The van der Waals surface area contributed by atoms with E-state index >= 15 is 0 Å². The number of sulfonamides is 1. The Labute approximate surface area is 159 Å². The second kappa shape index (κ2) is 7.95. The minimum absolute atomic E-state index is 0.0227. The van der Waals surface area contributed by atoms with Crippen molar-refractivity contribution in [1.29, 1.82) is 0 Å². The lowest BCUT2D eigenvalue weighted by Crippen LogP contribution is -2.32. The van der Waals surface area contributed by atoms with Gasteiger partial charge in [0.15, 0.2) is 11.6 Å². The molecule has 0 spiro atoms. The minimum atomic E-state index is -3.38. The van der Waals surface area contributed by atoms with Gasteiger partial charge in [-0.25, -0.2) is 17.2 Å². The van der Waals surface area contributed by atoms with Crippen molar-refractivity contribution in [3.05, 3.63) is 39.8 Å². The predicted octanol–water partition coefficient (Wildman–Crippen LogP) is 2.95. The lowest BCUT2D eigenvalue weighted by molar-refractivity contribution is 0.102. The summed E-state index contributed by atoms with van der Waals surface area (Å²) >= 11 is 0.995. The van der Waals surface area contributed by atoms with Gasteiger partial charge in [-0.05, 0) is 31.4 Å². The van der Waals surface area contributed by atoms with Crippen molar-refractivity contribution in [1.82, 2.24) is 14.5 Å². The molecule has 0 unspecified atom stereocenters. The summed E-state index contributed by atoms with van der Waals surface area (Å²) in [6, 6.07) is 2.58. The van der Waals surface area contributed by atoms with E-state index in [0.717, 1.165) is 23.5 Å². The van der Waals surface area contributed by atoms with E-state index in [1.807, 2.05) is 0 Å². The van der Waals surface area contributed by atoms with Gasteiger partial charge in [0.05, 0.1) is 11.8 Å². The van der Waals surface area contributed by atoms with Crippen LogP contribution in [0.25, 0.3) is 0 Å². The number of rotatable bonds is 6. The van der Waals surface area contributed by atoms with E-state index in [4.69, 9.17) is 0 Å². The lowest BCUT2D eigenvalue weighted by atomic mass is 10.2. The van der Waals surface area contributed by atoms with Crippen LogP contribution in [0.2, 0.25) is 0 Å². The Balaban J connectivity index is 1.75. The summed E-state index contributed by atoms with van der Waals surface area (Å²) in [5, 5.41) is 10.7. The van der Waals surface area contributed by atoms with Gasteiger partial charge >= 0.3 is 0 Å². The van der Waals surface area contributed by atoms with E-state index in [0.29, 0.717) is 30.8 Å². The number of aromatic nitrogens is 2. The first-order valence-electron chi connectivity index (χ1n) is 8.41. The second-order valence-electron chi connectivity index (χ2n) is 6.11. The molecule has 0 radical (unpaired) electrons. The molecule has 146 valence electrons. The van der Waals surface area contributed by atoms with Crippen LogP contribution in [0.15, 0.2) is 18.2 Å². The maximum absolute atomic E-state index is 13.2. The number of nitrogens with zero attached hydrogens (tertiary/aromatic N) is 3. The van der Waals surface area contributed by atoms with Crippen LogP contribution in [0.3, 0.4) is 0 Å². The highest BCUT2D eigenvalue weighted by atomic mass is 32.2. The second-order valence-corrected chi connectivity index (χ2v) is 9.16. The van der Waals surface area contributed by atoms with E-state index in [-0.39, 0.29) is 16.4 Å². The summed E-state index contributed by atoms with van der Waals surface area (Å²) < 4.78 is 52.4. The molecule has 27 heavy (non-hydrogen) atoms. The first kappa shape index (κ1) is 19.8. The Morgan fingerprint density at radius 1 is 1.33 bits per heavy atom. The normalized spacial score (nSPS) is 18.0. The van der Waals surface area contributed by atoms with Gasteiger partial charge in [0.1, 0.15) is 5.01 Å². The molecule has 7 nitrogen and oxygen atoms in total. The smallest absolute Gasteiger partial charge is 0.286 e. The zero-order valence-corrected chi connectivity index (χ0v) is 16.1. The fourth-order valence-corrected chi connectivity index (χ4v) is 5.62. The first-order chi connectivity index (χ1) is 12.8. The van der Waals surface area contributed by atoms with Crippen molar-refractivity contribution in [2.24, 2.45) is 0 Å². The summed E-state index contributed by atoms with van der Waals surface area (Å²) in [4.78, 5) is 12.3. The fraction of sp³-hybridized carbons (Fsp3) is 0.438. The van der Waals surface area contributed by atoms with Gasteiger partial charge in [-0.2, -0.15) is 4.31 Å². The number of benzene rings is 1. The molecule has 1 atom stereocenters. The van der Waals surface area contributed by atoms with Gasteiger partial charge in [0.25, 0.3) is 5.91 Å². The number of carbonyl (C=O) groups excluding carboxylic acids is 1. The quantitative estimate of drug-likeness (QED) is 0.782. The molecule has 11 heteroatoms. The van der Waals surface area contributed by atoms with E-state index in [1.54, 1.807) is 6.92 Å². The van der Waals surface area contributed by atoms with Gasteiger partial charge in [0, 0.05) is 18.3 Å². The molecule has 1 aliphatic rings. The van der Waals surface area contributed by atoms with Crippen molar-refractivity contribution in [2.75, 3.05) is 17.6 Å². The molecular weight excluding hydrogens is 398 g/mol. The maximum atomic E-state index is 13.2. The summed E-state index contributed by atoms with van der Waals surface area (Å²) in [5.41, 5.74) is 0.0867. The monoisotopic (exact) mass is 416 g/mol. The molecule has 1 saturated heterocycles. The molecule has 1 fully saturated rings. The van der Waals surface area contributed by atoms with Crippen LogP contribution in [0.1, 0.15) is 47.0 Å².